The molecule has 33 heavy (non-hydrogen) atoms. The average molecular weight is 477 g/mol. The number of carbonyl (C=O) groups excluding carboxylic acids is 1. The van der Waals surface area contributed by atoms with Crippen LogP contribution in [0.1, 0.15) is 0 Å². The largest absolute Gasteiger partial charge is 0.328 e. The summed E-state index contributed by atoms with van der Waals surface area (Å²) in [6, 6.07) is 17.2. The topological polar surface area (TPSA) is 78.0 Å². The van der Waals surface area contributed by atoms with Crippen LogP contribution >= 0.6 is 23.4 Å². The van der Waals surface area contributed by atoms with E-state index in [-0.39, 0.29) is 17.1 Å². The van der Waals surface area contributed by atoms with Crippen molar-refractivity contribution in [3.63, 3.8) is 0 Å². The van der Waals surface area contributed by atoms with Gasteiger partial charge in [-0.2, -0.15) is 5.26 Å². The molecule has 0 unspecified atom stereocenters. The zero-order valence-electron chi connectivity index (χ0n) is 18.2. The molecule has 0 aliphatic carbocycles. The third kappa shape index (κ3) is 4.25. The minimum atomic E-state index is -0.273. The number of rotatable bonds is 7. The maximum atomic E-state index is 13.1. The molecule has 4 rings (SSSR count). The molecular formula is C24H21ClN6OS. The average Bonchev–Trinajstić information content (AvgIpc) is 3.33. The second kappa shape index (κ2) is 9.53. The van der Waals surface area contributed by atoms with Gasteiger partial charge in [-0.1, -0.05) is 41.6 Å². The number of nitriles is 1. The Morgan fingerprint density at radius 2 is 1.76 bits per heavy atom. The molecular weight excluding hydrogens is 456 g/mol. The predicted molar refractivity (Wildman–Crippen MR) is 132 cm³/mol. The summed E-state index contributed by atoms with van der Waals surface area (Å²) in [4.78, 5) is 16.9. The van der Waals surface area contributed by atoms with E-state index < -0.39 is 0 Å². The van der Waals surface area contributed by atoms with E-state index in [4.69, 9.17) is 11.6 Å². The zero-order valence-corrected chi connectivity index (χ0v) is 19.8. The molecule has 0 saturated carbocycles. The molecule has 9 heteroatoms. The SMILES string of the molecule is C=CCn1c(SCC(=O)C(C#N)=C2N(C)c3ccccc3N2C)nnc1-c1ccc(Cl)cc1. The molecule has 0 radical (unpaired) electrons. The number of allylic oxidation sites excluding steroid dienone is 2. The van der Waals surface area contributed by atoms with Crippen molar-refractivity contribution in [2.45, 2.75) is 11.7 Å². The molecule has 2 heterocycles. The van der Waals surface area contributed by atoms with Crippen molar-refractivity contribution < 1.29 is 4.79 Å². The molecule has 2 aromatic carbocycles. The number of thioether (sulfide) groups is 1. The second-order valence-electron chi connectivity index (χ2n) is 7.34. The summed E-state index contributed by atoms with van der Waals surface area (Å²) in [7, 11) is 3.71. The quantitative estimate of drug-likeness (QED) is 0.210. The first-order valence-corrected chi connectivity index (χ1v) is 11.5. The number of aromatic nitrogens is 3. The Balaban J connectivity index is 1.59. The molecule has 0 saturated heterocycles. The molecule has 1 aliphatic rings. The molecule has 7 nitrogen and oxygen atoms in total. The van der Waals surface area contributed by atoms with E-state index in [2.05, 4.69) is 22.8 Å². The predicted octanol–water partition coefficient (Wildman–Crippen LogP) is 4.77. The van der Waals surface area contributed by atoms with Crippen LogP contribution in [0.25, 0.3) is 11.4 Å². The molecule has 0 atom stereocenters. The van der Waals surface area contributed by atoms with Crippen molar-refractivity contribution in [1.29, 1.82) is 5.26 Å². The molecule has 1 aliphatic heterocycles. The van der Waals surface area contributed by atoms with Gasteiger partial charge in [0, 0.05) is 31.2 Å². The lowest BCUT2D eigenvalue weighted by Gasteiger charge is -2.19. The van der Waals surface area contributed by atoms with Crippen LogP contribution in [0, 0.1) is 11.3 Å². The Morgan fingerprint density at radius 3 is 2.33 bits per heavy atom. The van der Waals surface area contributed by atoms with Gasteiger partial charge in [0.1, 0.15) is 17.5 Å². The lowest BCUT2D eigenvalue weighted by molar-refractivity contribution is -0.112. The van der Waals surface area contributed by atoms with Gasteiger partial charge in [0.2, 0.25) is 0 Å². The Labute approximate surface area is 201 Å². The van der Waals surface area contributed by atoms with Crippen LogP contribution in [0.2, 0.25) is 5.02 Å². The van der Waals surface area contributed by atoms with Crippen LogP contribution < -0.4 is 9.80 Å². The summed E-state index contributed by atoms with van der Waals surface area (Å²) >= 11 is 7.25. The number of para-hydroxylation sites is 2. The van der Waals surface area contributed by atoms with E-state index in [1.54, 1.807) is 18.2 Å². The maximum absolute atomic E-state index is 13.1. The number of hydrogen-bond acceptors (Lipinski definition) is 7. The number of Topliss-reactive ketones (excluding diaryl/α,β-unsaturated/α-hetero) is 1. The summed E-state index contributed by atoms with van der Waals surface area (Å²) in [6.07, 6.45) is 1.75. The molecule has 0 fully saturated rings. The minimum absolute atomic E-state index is 0.0559. The molecule has 166 valence electrons. The summed E-state index contributed by atoms with van der Waals surface area (Å²) in [5.74, 6) is 1.01. The van der Waals surface area contributed by atoms with Crippen LogP contribution in [0.5, 0.6) is 0 Å². The van der Waals surface area contributed by atoms with Crippen molar-refractivity contribution in [1.82, 2.24) is 14.8 Å². The lowest BCUT2D eigenvalue weighted by atomic mass is 10.2. The normalized spacial score (nSPS) is 12.5. The fourth-order valence-electron chi connectivity index (χ4n) is 3.76. The first-order chi connectivity index (χ1) is 16.0. The molecule has 0 amide bonds. The van der Waals surface area contributed by atoms with Crippen molar-refractivity contribution in [2.24, 2.45) is 0 Å². The number of anilines is 2. The number of benzene rings is 2. The highest BCUT2D eigenvalue weighted by Crippen LogP contribution is 2.40. The van der Waals surface area contributed by atoms with E-state index in [9.17, 15) is 10.1 Å². The Morgan fingerprint density at radius 1 is 1.12 bits per heavy atom. The monoisotopic (exact) mass is 476 g/mol. The molecule has 1 aromatic heterocycles. The Hall–Kier alpha value is -3.54. The number of hydrogen-bond donors (Lipinski definition) is 0. The van der Waals surface area contributed by atoms with Crippen LogP contribution in [0.15, 0.2) is 77.7 Å². The lowest BCUT2D eigenvalue weighted by Crippen LogP contribution is -2.26. The van der Waals surface area contributed by atoms with Gasteiger partial charge in [0.25, 0.3) is 0 Å². The minimum Gasteiger partial charge on any atom is -0.328 e. The Bertz CT molecular complexity index is 1260. The van der Waals surface area contributed by atoms with Crippen LogP contribution in [0.3, 0.4) is 0 Å². The van der Waals surface area contributed by atoms with Gasteiger partial charge in [0.15, 0.2) is 16.8 Å². The van der Waals surface area contributed by atoms with Gasteiger partial charge >= 0.3 is 0 Å². The van der Waals surface area contributed by atoms with E-state index in [0.717, 1.165) is 16.9 Å². The van der Waals surface area contributed by atoms with Crippen LogP contribution in [0.4, 0.5) is 11.4 Å². The number of halogens is 1. The zero-order chi connectivity index (χ0) is 23.5. The summed E-state index contributed by atoms with van der Waals surface area (Å²) in [5, 5.41) is 19.6. The smallest absolute Gasteiger partial charge is 0.192 e. The van der Waals surface area contributed by atoms with Crippen molar-refractivity contribution in [3.8, 4) is 17.5 Å². The summed E-state index contributed by atoms with van der Waals surface area (Å²) in [6.45, 7) is 4.30. The summed E-state index contributed by atoms with van der Waals surface area (Å²) in [5.41, 5.74) is 2.86. The molecule has 0 N–H and O–H groups in total. The van der Waals surface area contributed by atoms with Crippen LogP contribution in [-0.2, 0) is 11.3 Å². The molecule has 0 bridgehead atoms. The maximum Gasteiger partial charge on any atom is 0.192 e. The third-order valence-electron chi connectivity index (χ3n) is 5.32. The fraction of sp³-hybridized carbons (Fsp3) is 0.167. The highest BCUT2D eigenvalue weighted by molar-refractivity contribution is 7.99. The van der Waals surface area contributed by atoms with Crippen molar-refractivity contribution in [2.75, 3.05) is 29.6 Å². The van der Waals surface area contributed by atoms with Gasteiger partial charge in [-0.25, -0.2) is 0 Å². The standard InChI is InChI=1S/C24H21ClN6OS/c1-4-13-31-22(16-9-11-17(25)12-10-16)27-28-24(31)33-15-21(32)18(14-26)23-29(2)19-7-5-6-8-20(19)30(23)3/h4-12H,1,13,15H2,2-3H3. The van der Waals surface area contributed by atoms with Gasteiger partial charge in [-0.15, -0.1) is 16.8 Å². The van der Waals surface area contributed by atoms with Crippen molar-refractivity contribution in [3.05, 3.63) is 77.6 Å². The first kappa shape index (κ1) is 22.6. The molecule has 0 spiro atoms. The molecule has 3 aromatic rings. The first-order valence-electron chi connectivity index (χ1n) is 10.1. The number of fused-ring (bicyclic) bond motifs is 1. The van der Waals surface area contributed by atoms with E-state index in [1.165, 1.54) is 11.8 Å². The highest BCUT2D eigenvalue weighted by Gasteiger charge is 2.31. The highest BCUT2D eigenvalue weighted by atomic mass is 35.5. The van der Waals surface area contributed by atoms with Crippen molar-refractivity contribution >= 4 is 40.5 Å². The number of nitrogens with zero attached hydrogens (tertiary/aromatic N) is 6. The summed E-state index contributed by atoms with van der Waals surface area (Å²) < 4.78 is 1.89. The van der Waals surface area contributed by atoms with Gasteiger partial charge in [-0.05, 0) is 36.4 Å². The third-order valence-corrected chi connectivity index (χ3v) is 6.54. The number of ketones is 1. The van der Waals surface area contributed by atoms with Crippen LogP contribution in [-0.4, -0.2) is 40.4 Å². The number of carbonyl (C=O) groups is 1. The van der Waals surface area contributed by atoms with E-state index in [1.807, 2.05) is 64.9 Å². The second-order valence-corrected chi connectivity index (χ2v) is 8.72. The van der Waals surface area contributed by atoms with Gasteiger partial charge < -0.3 is 9.80 Å². The van der Waals surface area contributed by atoms with E-state index in [0.29, 0.717) is 28.4 Å². The fourth-order valence-corrected chi connectivity index (χ4v) is 4.71. The van der Waals surface area contributed by atoms with E-state index >= 15 is 0 Å². The van der Waals surface area contributed by atoms with Gasteiger partial charge in [0.05, 0.1) is 17.1 Å². The Kier molecular flexibility index (Phi) is 6.54. The van der Waals surface area contributed by atoms with Gasteiger partial charge in [-0.3, -0.25) is 9.36 Å².